The fraction of sp³-hybridized carbons (Fsp3) is 0.929. The fourth-order valence-corrected chi connectivity index (χ4v) is 3.17. The van der Waals surface area contributed by atoms with Crippen LogP contribution >= 0.6 is 0 Å². The van der Waals surface area contributed by atoms with Gasteiger partial charge in [0.15, 0.2) is 0 Å². The fourth-order valence-electron chi connectivity index (χ4n) is 3.17. The standard InChI is InChI=1S/C14H27N3O/c1-15(2)10-12-4-6-13(7-5-12)17-9-8-16(3)14(18)11-17/h12-13H,4-11H2,1-3H3/i1D3. The van der Waals surface area contributed by atoms with Gasteiger partial charge < -0.3 is 9.80 Å². The van der Waals surface area contributed by atoms with Crippen molar-refractivity contribution in [1.82, 2.24) is 14.7 Å². The predicted molar refractivity (Wildman–Crippen MR) is 73.5 cm³/mol. The van der Waals surface area contributed by atoms with E-state index in [2.05, 4.69) is 4.90 Å². The van der Waals surface area contributed by atoms with Crippen LogP contribution in [0.4, 0.5) is 0 Å². The third-order valence-electron chi connectivity index (χ3n) is 4.35. The van der Waals surface area contributed by atoms with Crippen LogP contribution in [0.2, 0.25) is 0 Å². The van der Waals surface area contributed by atoms with Crippen molar-refractivity contribution in [2.45, 2.75) is 31.7 Å². The zero-order chi connectivity index (χ0) is 15.6. The van der Waals surface area contributed by atoms with Gasteiger partial charge in [-0.25, -0.2) is 0 Å². The van der Waals surface area contributed by atoms with Crippen LogP contribution in [-0.4, -0.2) is 73.9 Å². The average Bonchev–Trinajstić information content (AvgIpc) is 2.42. The van der Waals surface area contributed by atoms with Crippen molar-refractivity contribution in [3.05, 3.63) is 0 Å². The summed E-state index contributed by atoms with van der Waals surface area (Å²) in [7, 11) is 3.54. The minimum Gasteiger partial charge on any atom is -0.343 e. The van der Waals surface area contributed by atoms with Crippen molar-refractivity contribution in [1.29, 1.82) is 0 Å². The number of rotatable bonds is 3. The Balaban J connectivity index is 1.77. The molecule has 1 saturated heterocycles. The molecule has 0 unspecified atom stereocenters. The number of carbonyl (C=O) groups is 1. The highest BCUT2D eigenvalue weighted by Gasteiger charge is 2.30. The maximum Gasteiger partial charge on any atom is 0.236 e. The molecule has 2 fully saturated rings. The highest BCUT2D eigenvalue weighted by molar-refractivity contribution is 5.78. The van der Waals surface area contributed by atoms with Crippen LogP contribution in [-0.2, 0) is 4.79 Å². The number of hydrogen-bond donors (Lipinski definition) is 0. The van der Waals surface area contributed by atoms with Gasteiger partial charge >= 0.3 is 0 Å². The van der Waals surface area contributed by atoms with E-state index in [1.165, 1.54) is 4.90 Å². The van der Waals surface area contributed by atoms with Crippen LogP contribution in [0.3, 0.4) is 0 Å². The van der Waals surface area contributed by atoms with Crippen LogP contribution in [0.15, 0.2) is 0 Å². The summed E-state index contributed by atoms with van der Waals surface area (Å²) in [6.07, 6.45) is 4.28. The maximum absolute atomic E-state index is 11.8. The van der Waals surface area contributed by atoms with E-state index in [0.29, 0.717) is 25.0 Å². The lowest BCUT2D eigenvalue weighted by Gasteiger charge is -2.41. The van der Waals surface area contributed by atoms with E-state index >= 15 is 0 Å². The van der Waals surface area contributed by atoms with Gasteiger partial charge in [0.1, 0.15) is 0 Å². The van der Waals surface area contributed by atoms with E-state index in [9.17, 15) is 4.79 Å². The first-order chi connectivity index (χ1) is 9.77. The maximum atomic E-state index is 11.8. The zero-order valence-corrected chi connectivity index (χ0v) is 11.6. The van der Waals surface area contributed by atoms with Crippen molar-refractivity contribution >= 4 is 5.91 Å². The summed E-state index contributed by atoms with van der Waals surface area (Å²) in [5.74, 6) is 0.681. The van der Waals surface area contributed by atoms with E-state index in [1.807, 2.05) is 7.05 Å². The van der Waals surface area contributed by atoms with E-state index in [-0.39, 0.29) is 5.91 Å². The Labute approximate surface area is 115 Å². The van der Waals surface area contributed by atoms with Gasteiger partial charge in [-0.15, -0.1) is 0 Å². The molecule has 1 saturated carbocycles. The molecule has 0 spiro atoms. The molecule has 18 heavy (non-hydrogen) atoms. The van der Waals surface area contributed by atoms with Crippen molar-refractivity contribution < 1.29 is 8.91 Å². The first-order valence-electron chi connectivity index (χ1n) is 8.46. The number of hydrogen-bond acceptors (Lipinski definition) is 3. The smallest absolute Gasteiger partial charge is 0.236 e. The molecule has 0 atom stereocenters. The molecule has 1 aliphatic heterocycles. The summed E-state index contributed by atoms with van der Waals surface area (Å²) in [4.78, 5) is 17.4. The van der Waals surface area contributed by atoms with Crippen molar-refractivity contribution in [3.8, 4) is 0 Å². The van der Waals surface area contributed by atoms with Crippen LogP contribution in [0.5, 0.6) is 0 Å². The molecular weight excluding hydrogens is 226 g/mol. The van der Waals surface area contributed by atoms with Gasteiger partial charge in [0, 0.05) is 36.8 Å². The van der Waals surface area contributed by atoms with Crippen LogP contribution in [0, 0.1) is 5.92 Å². The third kappa shape index (κ3) is 3.45. The molecule has 0 aromatic carbocycles. The summed E-state index contributed by atoms with van der Waals surface area (Å²) in [5.41, 5.74) is 0. The predicted octanol–water partition coefficient (Wildman–Crippen LogP) is 0.881. The monoisotopic (exact) mass is 256 g/mol. The van der Waals surface area contributed by atoms with Gasteiger partial charge in [0.05, 0.1) is 6.54 Å². The minimum absolute atomic E-state index is 0.213. The van der Waals surface area contributed by atoms with Gasteiger partial charge in [0.25, 0.3) is 0 Å². The molecule has 1 aliphatic carbocycles. The lowest BCUT2D eigenvalue weighted by molar-refractivity contribution is -0.135. The molecule has 4 nitrogen and oxygen atoms in total. The normalized spacial score (nSPS) is 34.3. The second-order valence-electron chi connectivity index (χ2n) is 5.84. The number of carbonyl (C=O) groups excluding carboxylic acids is 1. The van der Waals surface area contributed by atoms with Gasteiger partial charge in [0.2, 0.25) is 5.91 Å². The Bertz CT molecular complexity index is 367. The summed E-state index contributed by atoms with van der Waals surface area (Å²) >= 11 is 0. The van der Waals surface area contributed by atoms with E-state index in [4.69, 9.17) is 4.11 Å². The summed E-state index contributed by atoms with van der Waals surface area (Å²) in [6.45, 7) is 0.986. The SMILES string of the molecule is [2H]C([2H])([2H])N(C)CC1CCC(N2CCN(C)C(=O)C2)CC1. The molecule has 0 radical (unpaired) electrons. The highest BCUT2D eigenvalue weighted by atomic mass is 16.2. The van der Waals surface area contributed by atoms with Crippen molar-refractivity contribution in [2.24, 2.45) is 5.92 Å². The lowest BCUT2D eigenvalue weighted by Crippen LogP contribution is -2.53. The van der Waals surface area contributed by atoms with Crippen LogP contribution in [0.25, 0.3) is 0 Å². The second kappa shape index (κ2) is 6.02. The molecule has 0 bridgehead atoms. The first kappa shape index (κ1) is 10.2. The quantitative estimate of drug-likeness (QED) is 0.750. The van der Waals surface area contributed by atoms with Crippen molar-refractivity contribution in [2.75, 3.05) is 47.3 Å². The average molecular weight is 256 g/mol. The molecular formula is C14H27N3O. The number of piperazine rings is 1. The lowest BCUT2D eigenvalue weighted by atomic mass is 9.85. The van der Waals surface area contributed by atoms with Crippen LogP contribution in [0.1, 0.15) is 29.8 Å². The molecule has 0 aromatic heterocycles. The van der Waals surface area contributed by atoms with Gasteiger partial charge in [-0.3, -0.25) is 9.69 Å². The van der Waals surface area contributed by atoms with Gasteiger partial charge in [-0.05, 0) is 45.6 Å². The topological polar surface area (TPSA) is 26.8 Å². The molecule has 4 heteroatoms. The molecule has 1 amide bonds. The number of amides is 1. The van der Waals surface area contributed by atoms with Crippen LogP contribution < -0.4 is 0 Å². The molecule has 2 aliphatic rings. The van der Waals surface area contributed by atoms with E-state index < -0.39 is 6.98 Å². The molecule has 2 rings (SSSR count). The highest BCUT2D eigenvalue weighted by Crippen LogP contribution is 2.28. The van der Waals surface area contributed by atoms with E-state index in [1.54, 1.807) is 11.9 Å². The summed E-state index contributed by atoms with van der Waals surface area (Å²) < 4.78 is 22.2. The Morgan fingerprint density at radius 3 is 2.67 bits per heavy atom. The Hall–Kier alpha value is -0.610. The minimum atomic E-state index is -1.99. The molecule has 1 heterocycles. The Kier molecular flexibility index (Phi) is 3.42. The first-order valence-corrected chi connectivity index (χ1v) is 6.96. The van der Waals surface area contributed by atoms with E-state index in [0.717, 1.165) is 38.8 Å². The Morgan fingerprint density at radius 1 is 1.33 bits per heavy atom. The van der Waals surface area contributed by atoms with Gasteiger partial charge in [-0.1, -0.05) is 0 Å². The van der Waals surface area contributed by atoms with Crippen molar-refractivity contribution in [3.63, 3.8) is 0 Å². The summed E-state index contributed by atoms with van der Waals surface area (Å²) in [6, 6.07) is 0.497. The molecule has 104 valence electrons. The second-order valence-corrected chi connectivity index (χ2v) is 5.84. The number of nitrogens with zero attached hydrogens (tertiary/aromatic N) is 3. The largest absolute Gasteiger partial charge is 0.343 e. The Morgan fingerprint density at radius 2 is 2.06 bits per heavy atom. The molecule has 0 aromatic rings. The van der Waals surface area contributed by atoms with Gasteiger partial charge in [-0.2, -0.15) is 0 Å². The summed E-state index contributed by atoms with van der Waals surface area (Å²) in [5, 5.41) is 0. The zero-order valence-electron chi connectivity index (χ0n) is 14.6. The molecule has 0 N–H and O–H groups in total. The number of likely N-dealkylation sites (N-methyl/N-ethyl adjacent to an activating group) is 1. The third-order valence-corrected chi connectivity index (χ3v) is 4.35.